The second-order valence-corrected chi connectivity index (χ2v) is 17.0. The number of carbonyl (C=O) groups excluding carboxylic acids is 2. The second-order valence-electron chi connectivity index (χ2n) is 15.5. The summed E-state index contributed by atoms with van der Waals surface area (Å²) in [5, 5.41) is 31.3. The molecule has 1 aliphatic rings. The molecule has 1 rings (SSSR count). The lowest BCUT2D eigenvalue weighted by atomic mass is 9.88. The molecule has 0 aromatic rings. The number of phosphoric ester groups is 1. The summed E-state index contributed by atoms with van der Waals surface area (Å²) in [6, 6.07) is 0. The molecule has 7 atom stereocenters. The highest BCUT2D eigenvalue weighted by Crippen LogP contribution is 2.43. The molecule has 0 heterocycles. The number of hydrogen-bond acceptors (Lipinski definition) is 11. The highest BCUT2D eigenvalue weighted by Gasteiger charge is 2.39. The van der Waals surface area contributed by atoms with Crippen LogP contribution in [0.1, 0.15) is 174 Å². The first kappa shape index (κ1) is 52.4. The SMILES string of the molecule is CCCCCC/C=C\CCCCCCCCCC(=O)O[C@H](COC(=O)CCCCCC[C@@H]1[C@@H](/C=C/[C@@H](O)CCCCC)[C@H](O)C[C@@H]1O)COP(=O)(O)OCCN. The van der Waals surface area contributed by atoms with Gasteiger partial charge in [0.05, 0.1) is 31.5 Å². The van der Waals surface area contributed by atoms with Crippen LogP contribution in [0.2, 0.25) is 0 Å². The number of allylic oxidation sites excluding steroid dienone is 2. The summed E-state index contributed by atoms with van der Waals surface area (Å²) in [7, 11) is -4.43. The average Bonchev–Trinajstić information content (AvgIpc) is 3.44. The number of nitrogens with two attached hydrogens (primary N) is 1. The zero-order valence-electron chi connectivity index (χ0n) is 35.0. The van der Waals surface area contributed by atoms with Crippen LogP contribution in [0.5, 0.6) is 0 Å². The first-order chi connectivity index (χ1) is 27.0. The molecule has 1 saturated carbocycles. The molecule has 12 nitrogen and oxygen atoms in total. The van der Waals surface area contributed by atoms with Crippen molar-refractivity contribution in [2.24, 2.45) is 17.6 Å². The summed E-state index contributed by atoms with van der Waals surface area (Å²) in [6.45, 7) is 3.38. The largest absolute Gasteiger partial charge is 0.472 e. The number of hydrogen-bond donors (Lipinski definition) is 5. The molecule has 0 saturated heterocycles. The molecule has 1 unspecified atom stereocenters. The van der Waals surface area contributed by atoms with E-state index in [4.69, 9.17) is 24.3 Å². The van der Waals surface area contributed by atoms with Crippen LogP contribution in [0.15, 0.2) is 24.3 Å². The fourth-order valence-electron chi connectivity index (χ4n) is 7.08. The summed E-state index contributed by atoms with van der Waals surface area (Å²) in [4.78, 5) is 35.1. The van der Waals surface area contributed by atoms with Gasteiger partial charge in [0.15, 0.2) is 6.10 Å². The molecular formula is C43H80NO11P. The van der Waals surface area contributed by atoms with Gasteiger partial charge >= 0.3 is 19.8 Å². The van der Waals surface area contributed by atoms with E-state index in [9.17, 15) is 34.4 Å². The van der Waals surface area contributed by atoms with Crippen molar-refractivity contribution in [2.45, 2.75) is 199 Å². The predicted molar refractivity (Wildman–Crippen MR) is 222 cm³/mol. The first-order valence-electron chi connectivity index (χ1n) is 22.1. The van der Waals surface area contributed by atoms with Gasteiger partial charge in [0.1, 0.15) is 6.61 Å². The Labute approximate surface area is 339 Å². The number of unbranched alkanes of at least 4 members (excludes halogenated alkanes) is 16. The minimum Gasteiger partial charge on any atom is -0.462 e. The molecule has 0 aromatic carbocycles. The van der Waals surface area contributed by atoms with E-state index in [-0.39, 0.29) is 44.4 Å². The van der Waals surface area contributed by atoms with E-state index in [1.165, 1.54) is 51.4 Å². The van der Waals surface area contributed by atoms with E-state index >= 15 is 0 Å². The third-order valence-electron chi connectivity index (χ3n) is 10.4. The highest BCUT2D eigenvalue weighted by atomic mass is 31.2. The lowest BCUT2D eigenvalue weighted by molar-refractivity contribution is -0.161. The van der Waals surface area contributed by atoms with Crippen molar-refractivity contribution in [2.75, 3.05) is 26.4 Å². The van der Waals surface area contributed by atoms with Crippen molar-refractivity contribution in [3.05, 3.63) is 24.3 Å². The lowest BCUT2D eigenvalue weighted by Crippen LogP contribution is -2.29. The number of esters is 2. The Bertz CT molecular complexity index is 1090. The third kappa shape index (κ3) is 27.9. The number of aliphatic hydroxyl groups excluding tert-OH is 3. The van der Waals surface area contributed by atoms with Crippen LogP contribution in [0, 0.1) is 11.8 Å². The monoisotopic (exact) mass is 818 g/mol. The number of phosphoric acid groups is 1. The van der Waals surface area contributed by atoms with E-state index in [1.54, 1.807) is 6.08 Å². The van der Waals surface area contributed by atoms with E-state index in [2.05, 4.69) is 26.0 Å². The van der Waals surface area contributed by atoms with Crippen LogP contribution in [-0.2, 0) is 32.7 Å². The highest BCUT2D eigenvalue weighted by molar-refractivity contribution is 7.47. The van der Waals surface area contributed by atoms with Gasteiger partial charge in [-0.2, -0.15) is 0 Å². The summed E-state index contributed by atoms with van der Waals surface area (Å²) in [5.74, 6) is -1.25. The number of rotatable bonds is 37. The van der Waals surface area contributed by atoms with Crippen molar-refractivity contribution in [1.29, 1.82) is 0 Å². The molecule has 6 N–H and O–H groups in total. The zero-order valence-corrected chi connectivity index (χ0v) is 35.8. The van der Waals surface area contributed by atoms with Crippen molar-refractivity contribution in [3.8, 4) is 0 Å². The van der Waals surface area contributed by atoms with Gasteiger partial charge in [0.2, 0.25) is 0 Å². The van der Waals surface area contributed by atoms with Crippen molar-refractivity contribution in [1.82, 2.24) is 0 Å². The molecule has 1 fully saturated rings. The maximum Gasteiger partial charge on any atom is 0.472 e. The Morgan fingerprint density at radius 1 is 0.750 bits per heavy atom. The summed E-state index contributed by atoms with van der Waals surface area (Å²) < 4.78 is 32.8. The molecule has 0 aliphatic heterocycles. The topological polar surface area (TPSA) is 195 Å². The van der Waals surface area contributed by atoms with Crippen molar-refractivity contribution in [3.63, 3.8) is 0 Å². The van der Waals surface area contributed by atoms with Crippen LogP contribution in [0.4, 0.5) is 0 Å². The summed E-state index contributed by atoms with van der Waals surface area (Å²) >= 11 is 0. The normalized spacial score (nSPS) is 20.8. The molecule has 0 amide bonds. The maximum absolute atomic E-state index is 12.6. The van der Waals surface area contributed by atoms with Gasteiger partial charge in [-0.1, -0.05) is 128 Å². The molecule has 0 bridgehead atoms. The minimum atomic E-state index is -4.43. The molecular weight excluding hydrogens is 737 g/mol. The van der Waals surface area contributed by atoms with Crippen molar-refractivity contribution < 1.29 is 52.9 Å². The Morgan fingerprint density at radius 2 is 1.32 bits per heavy atom. The van der Waals surface area contributed by atoms with Crippen LogP contribution in [0.3, 0.4) is 0 Å². The van der Waals surface area contributed by atoms with Crippen LogP contribution >= 0.6 is 7.82 Å². The van der Waals surface area contributed by atoms with Gasteiger partial charge < -0.3 is 35.4 Å². The van der Waals surface area contributed by atoms with Crippen LogP contribution < -0.4 is 5.73 Å². The average molecular weight is 818 g/mol. The summed E-state index contributed by atoms with van der Waals surface area (Å²) in [5.41, 5.74) is 5.34. The molecule has 0 aromatic heterocycles. The standard InChI is InChI=1S/C43H80NO11P/c1-3-5-7-8-9-10-11-12-13-14-15-16-17-18-24-28-43(49)55-37(35-54-56(50,51)53-32-31-44)34-52-42(48)27-23-20-19-22-26-38-39(41(47)33-40(38)46)30-29-36(45)25-21-6-4-2/h10-11,29-30,36-41,45-47H,3-9,12-28,31-35,44H2,1-2H3,(H,50,51)/b11-10-,30-29+/t36-,37+,38+,39+,40-,41+/m0/s1. The maximum atomic E-state index is 12.6. The fraction of sp³-hybridized carbons (Fsp3) is 0.860. The number of ether oxygens (including phenoxy) is 2. The van der Waals surface area contributed by atoms with E-state index in [0.29, 0.717) is 25.7 Å². The lowest BCUT2D eigenvalue weighted by Gasteiger charge is -2.21. The number of aliphatic hydroxyl groups is 3. The van der Waals surface area contributed by atoms with Crippen LogP contribution in [0.25, 0.3) is 0 Å². The Hall–Kier alpha value is -1.63. The second kappa shape index (κ2) is 34.3. The molecule has 13 heteroatoms. The predicted octanol–water partition coefficient (Wildman–Crippen LogP) is 8.77. The van der Waals surface area contributed by atoms with E-state index < -0.39 is 50.8 Å². The molecule has 56 heavy (non-hydrogen) atoms. The molecule has 1 aliphatic carbocycles. The Kier molecular flexibility index (Phi) is 32.0. The van der Waals surface area contributed by atoms with Gasteiger partial charge in [0.25, 0.3) is 0 Å². The number of carbonyl (C=O) groups is 2. The summed E-state index contributed by atoms with van der Waals surface area (Å²) in [6.07, 6.45) is 28.4. The Morgan fingerprint density at radius 3 is 1.96 bits per heavy atom. The molecule has 328 valence electrons. The zero-order chi connectivity index (χ0) is 41.3. The fourth-order valence-corrected chi connectivity index (χ4v) is 7.84. The third-order valence-corrected chi connectivity index (χ3v) is 11.4. The Balaban J connectivity index is 2.37. The smallest absolute Gasteiger partial charge is 0.462 e. The molecule has 0 spiro atoms. The van der Waals surface area contributed by atoms with Gasteiger partial charge in [-0.3, -0.25) is 18.6 Å². The van der Waals surface area contributed by atoms with Gasteiger partial charge in [0, 0.05) is 31.7 Å². The van der Waals surface area contributed by atoms with Crippen LogP contribution in [-0.4, -0.2) is 82.9 Å². The quantitative estimate of drug-likeness (QED) is 0.0173. The van der Waals surface area contributed by atoms with E-state index in [0.717, 1.165) is 70.6 Å². The first-order valence-corrected chi connectivity index (χ1v) is 23.6. The van der Waals surface area contributed by atoms with Gasteiger partial charge in [-0.15, -0.1) is 0 Å². The van der Waals surface area contributed by atoms with Gasteiger partial charge in [-0.05, 0) is 57.3 Å². The van der Waals surface area contributed by atoms with E-state index in [1.807, 2.05) is 6.08 Å². The molecule has 0 radical (unpaired) electrons. The van der Waals surface area contributed by atoms with Gasteiger partial charge in [-0.25, -0.2) is 4.57 Å². The minimum absolute atomic E-state index is 0.0221. The van der Waals surface area contributed by atoms with Crippen molar-refractivity contribution >= 4 is 19.8 Å².